The number of aliphatic imine (C=N–C) groups is 1. The van der Waals surface area contributed by atoms with Gasteiger partial charge < -0.3 is 5.32 Å². The van der Waals surface area contributed by atoms with Crippen LogP contribution in [-0.2, 0) is 0 Å². The Labute approximate surface area is 96.7 Å². The summed E-state index contributed by atoms with van der Waals surface area (Å²) >= 11 is 13.6. The molecule has 0 radical (unpaired) electrons. The summed E-state index contributed by atoms with van der Waals surface area (Å²) in [6.45, 7) is 0.960. The summed E-state index contributed by atoms with van der Waals surface area (Å²) in [6.07, 6.45) is 0. The molecule has 0 bridgehead atoms. The van der Waals surface area contributed by atoms with E-state index in [2.05, 4.69) is 10.3 Å². The van der Waals surface area contributed by atoms with E-state index in [1.807, 2.05) is 12.1 Å². The largest absolute Gasteiger partial charge is 0.364 e. The molecule has 0 atom stereocenters. The van der Waals surface area contributed by atoms with E-state index in [0.717, 1.165) is 23.2 Å². The van der Waals surface area contributed by atoms with Crippen molar-refractivity contribution in [2.24, 2.45) is 4.99 Å². The maximum absolute atomic E-state index is 6.00. The van der Waals surface area contributed by atoms with Crippen LogP contribution in [-0.4, -0.2) is 17.5 Å². The number of nitrogens with one attached hydrogen (secondary N) is 1. The van der Waals surface area contributed by atoms with Crippen LogP contribution in [0.1, 0.15) is 0 Å². The predicted octanol–water partition coefficient (Wildman–Crippen LogP) is 3.32. The lowest BCUT2D eigenvalue weighted by molar-refractivity contribution is 1.02. The highest BCUT2D eigenvalue weighted by molar-refractivity contribution is 8.14. The lowest BCUT2D eigenvalue weighted by atomic mass is 10.3. The molecule has 0 aromatic heterocycles. The van der Waals surface area contributed by atoms with Crippen molar-refractivity contribution in [1.82, 2.24) is 5.32 Å². The minimum absolute atomic E-state index is 0.510. The SMILES string of the molecule is Clc1cccc(/N=C2/NCCS2)c1Cl. The zero-order chi connectivity index (χ0) is 9.97. The van der Waals surface area contributed by atoms with Crippen LogP contribution in [0.5, 0.6) is 0 Å². The molecule has 2 rings (SSSR count). The Morgan fingerprint density at radius 3 is 2.93 bits per heavy atom. The molecule has 1 aliphatic heterocycles. The molecule has 1 aromatic carbocycles. The third kappa shape index (κ3) is 2.16. The van der Waals surface area contributed by atoms with Crippen LogP contribution >= 0.6 is 35.0 Å². The summed E-state index contributed by atoms with van der Waals surface area (Å²) in [5.41, 5.74) is 0.719. The Balaban J connectivity index is 2.32. The minimum Gasteiger partial charge on any atom is -0.364 e. The minimum atomic E-state index is 0.510. The average Bonchev–Trinajstić information content (AvgIpc) is 2.66. The van der Waals surface area contributed by atoms with Gasteiger partial charge in [0.05, 0.1) is 15.7 Å². The van der Waals surface area contributed by atoms with Gasteiger partial charge in [0.1, 0.15) is 0 Å². The third-order valence-electron chi connectivity index (χ3n) is 1.77. The van der Waals surface area contributed by atoms with Gasteiger partial charge in [-0.25, -0.2) is 4.99 Å². The predicted molar refractivity (Wildman–Crippen MR) is 64.0 cm³/mol. The highest BCUT2D eigenvalue weighted by Crippen LogP contribution is 2.32. The van der Waals surface area contributed by atoms with Crippen molar-refractivity contribution in [3.05, 3.63) is 28.2 Å². The molecule has 1 aliphatic rings. The second-order valence-corrected chi connectivity index (χ2v) is 4.63. The molecular formula is C9H8Cl2N2S. The molecule has 2 nitrogen and oxygen atoms in total. The molecule has 0 unspecified atom stereocenters. The first-order chi connectivity index (χ1) is 6.77. The van der Waals surface area contributed by atoms with Gasteiger partial charge in [-0.3, -0.25) is 0 Å². The quantitative estimate of drug-likeness (QED) is 0.823. The van der Waals surface area contributed by atoms with Gasteiger partial charge in [0.15, 0.2) is 5.17 Å². The first-order valence-corrected chi connectivity index (χ1v) is 5.91. The van der Waals surface area contributed by atoms with Gasteiger partial charge in [-0.05, 0) is 12.1 Å². The maximum Gasteiger partial charge on any atom is 0.161 e. The molecule has 1 aromatic rings. The van der Waals surface area contributed by atoms with Crippen molar-refractivity contribution in [3.8, 4) is 0 Å². The second kappa shape index (κ2) is 4.43. The van der Waals surface area contributed by atoms with Crippen LogP contribution in [0.3, 0.4) is 0 Å². The first-order valence-electron chi connectivity index (χ1n) is 4.17. The van der Waals surface area contributed by atoms with Gasteiger partial charge in [0.25, 0.3) is 0 Å². The standard InChI is InChI=1S/C9H8Cl2N2S/c10-6-2-1-3-7(8(6)11)13-9-12-4-5-14-9/h1-3H,4-5H2,(H,12,13). The Morgan fingerprint density at radius 1 is 1.36 bits per heavy atom. The summed E-state index contributed by atoms with van der Waals surface area (Å²) in [4.78, 5) is 4.37. The number of benzene rings is 1. The molecule has 14 heavy (non-hydrogen) atoms. The van der Waals surface area contributed by atoms with Crippen molar-refractivity contribution in [2.45, 2.75) is 0 Å². The summed E-state index contributed by atoms with van der Waals surface area (Å²) in [5.74, 6) is 1.05. The summed E-state index contributed by atoms with van der Waals surface area (Å²) < 4.78 is 0. The molecule has 0 saturated carbocycles. The Hall–Kier alpha value is -0.380. The van der Waals surface area contributed by atoms with Crippen LogP contribution in [0.2, 0.25) is 10.0 Å². The maximum atomic E-state index is 6.00. The molecule has 0 aliphatic carbocycles. The second-order valence-electron chi connectivity index (χ2n) is 2.77. The Bertz CT molecular complexity index is 371. The van der Waals surface area contributed by atoms with Gasteiger partial charge in [0.2, 0.25) is 0 Å². The number of nitrogens with zero attached hydrogens (tertiary/aromatic N) is 1. The molecule has 0 amide bonds. The van der Waals surface area contributed by atoms with E-state index < -0.39 is 0 Å². The molecule has 1 fully saturated rings. The topological polar surface area (TPSA) is 24.4 Å². The summed E-state index contributed by atoms with van der Waals surface area (Å²) in [7, 11) is 0. The van der Waals surface area contributed by atoms with Crippen LogP contribution in [0.4, 0.5) is 5.69 Å². The number of amidine groups is 1. The smallest absolute Gasteiger partial charge is 0.161 e. The number of hydrogen-bond acceptors (Lipinski definition) is 2. The number of thioether (sulfide) groups is 1. The van der Waals surface area contributed by atoms with Crippen molar-refractivity contribution in [3.63, 3.8) is 0 Å². The Kier molecular flexibility index (Phi) is 3.21. The van der Waals surface area contributed by atoms with Crippen molar-refractivity contribution >= 4 is 45.8 Å². The fourth-order valence-corrected chi connectivity index (χ4v) is 2.22. The summed E-state index contributed by atoms with van der Waals surface area (Å²) in [5, 5.41) is 5.12. The van der Waals surface area contributed by atoms with E-state index in [0.29, 0.717) is 10.0 Å². The van der Waals surface area contributed by atoms with E-state index in [1.54, 1.807) is 17.8 Å². The first kappa shape index (κ1) is 10.1. The van der Waals surface area contributed by atoms with Crippen molar-refractivity contribution < 1.29 is 0 Å². The molecule has 74 valence electrons. The fourth-order valence-electron chi connectivity index (χ4n) is 1.12. The average molecular weight is 247 g/mol. The zero-order valence-electron chi connectivity index (χ0n) is 7.26. The molecule has 1 N–H and O–H groups in total. The molecule has 5 heteroatoms. The van der Waals surface area contributed by atoms with Gasteiger partial charge in [-0.2, -0.15) is 0 Å². The fraction of sp³-hybridized carbons (Fsp3) is 0.222. The van der Waals surface area contributed by atoms with Crippen LogP contribution in [0, 0.1) is 0 Å². The highest BCUT2D eigenvalue weighted by Gasteiger charge is 2.09. The number of hydrogen-bond donors (Lipinski definition) is 1. The third-order valence-corrected chi connectivity index (χ3v) is 3.50. The van der Waals surface area contributed by atoms with Gasteiger partial charge >= 0.3 is 0 Å². The normalized spacial score (nSPS) is 18.6. The van der Waals surface area contributed by atoms with E-state index in [1.165, 1.54) is 0 Å². The van der Waals surface area contributed by atoms with Gasteiger partial charge in [0, 0.05) is 12.3 Å². The highest BCUT2D eigenvalue weighted by atomic mass is 35.5. The van der Waals surface area contributed by atoms with E-state index in [-0.39, 0.29) is 0 Å². The van der Waals surface area contributed by atoms with Gasteiger partial charge in [-0.15, -0.1) is 0 Å². The summed E-state index contributed by atoms with van der Waals surface area (Å²) in [6, 6.07) is 5.44. The van der Waals surface area contributed by atoms with E-state index >= 15 is 0 Å². The lowest BCUT2D eigenvalue weighted by Crippen LogP contribution is -2.12. The molecule has 1 saturated heterocycles. The van der Waals surface area contributed by atoms with Crippen LogP contribution < -0.4 is 5.32 Å². The Morgan fingerprint density at radius 2 is 2.21 bits per heavy atom. The lowest BCUT2D eigenvalue weighted by Gasteiger charge is -2.01. The monoisotopic (exact) mass is 246 g/mol. The molecule has 1 heterocycles. The van der Waals surface area contributed by atoms with E-state index in [4.69, 9.17) is 23.2 Å². The van der Waals surface area contributed by atoms with Crippen LogP contribution in [0.25, 0.3) is 0 Å². The van der Waals surface area contributed by atoms with Gasteiger partial charge in [-0.1, -0.05) is 41.0 Å². The molecular weight excluding hydrogens is 239 g/mol. The molecule has 0 spiro atoms. The van der Waals surface area contributed by atoms with E-state index in [9.17, 15) is 0 Å². The van der Waals surface area contributed by atoms with Crippen molar-refractivity contribution in [1.29, 1.82) is 0 Å². The number of rotatable bonds is 1. The van der Waals surface area contributed by atoms with Crippen molar-refractivity contribution in [2.75, 3.05) is 12.3 Å². The number of halogens is 2. The van der Waals surface area contributed by atoms with Crippen LogP contribution in [0.15, 0.2) is 23.2 Å². The zero-order valence-corrected chi connectivity index (χ0v) is 9.59.